The first-order valence-corrected chi connectivity index (χ1v) is 10.4. The number of hydrogen-bond donors (Lipinski definition) is 2. The standard InChI is InChI=1S/C17H14F3NO5S2/c1-8-5-10-12(6-11(8)21-15(23)16(2,24)17(18,19)20)28(25,26)7-9-3-4-27-14(9)13(10)22/h3-6,24H,7H2,1-2H3,(H,21,23). The van der Waals surface area contributed by atoms with E-state index < -0.39 is 39.1 Å². The second-order valence-corrected chi connectivity index (χ2v) is 9.42. The number of carbonyl (C=O) groups is 2. The Kier molecular flexibility index (Phi) is 4.68. The summed E-state index contributed by atoms with van der Waals surface area (Å²) in [4.78, 5) is 24.6. The van der Waals surface area contributed by atoms with Crippen molar-refractivity contribution in [3.63, 3.8) is 0 Å². The van der Waals surface area contributed by atoms with Crippen molar-refractivity contribution in [3.05, 3.63) is 45.1 Å². The lowest BCUT2D eigenvalue weighted by Gasteiger charge is -2.25. The zero-order chi connectivity index (χ0) is 21.1. The van der Waals surface area contributed by atoms with Crippen molar-refractivity contribution < 1.29 is 36.3 Å². The van der Waals surface area contributed by atoms with Gasteiger partial charge in [0.05, 0.1) is 15.5 Å². The van der Waals surface area contributed by atoms with Crippen LogP contribution >= 0.6 is 11.3 Å². The number of benzene rings is 1. The number of sulfone groups is 1. The van der Waals surface area contributed by atoms with Crippen LogP contribution in [-0.2, 0) is 20.4 Å². The van der Waals surface area contributed by atoms with E-state index in [9.17, 15) is 36.3 Å². The van der Waals surface area contributed by atoms with Gasteiger partial charge < -0.3 is 10.4 Å². The molecule has 1 unspecified atom stereocenters. The van der Waals surface area contributed by atoms with Gasteiger partial charge in [-0.2, -0.15) is 13.2 Å². The SMILES string of the molecule is Cc1cc2c(cc1NC(=O)C(C)(O)C(F)(F)F)S(=O)(=O)Cc1ccsc1C2=O. The summed E-state index contributed by atoms with van der Waals surface area (Å²) in [5.41, 5.74) is -3.51. The topological polar surface area (TPSA) is 101 Å². The molecule has 28 heavy (non-hydrogen) atoms. The number of alkyl halides is 3. The normalized spacial score (nSPS) is 17.9. The highest BCUT2D eigenvalue weighted by molar-refractivity contribution is 7.90. The van der Waals surface area contributed by atoms with Gasteiger partial charge in [-0.05, 0) is 48.6 Å². The van der Waals surface area contributed by atoms with E-state index in [1.165, 1.54) is 19.1 Å². The van der Waals surface area contributed by atoms with Crippen LogP contribution in [0.1, 0.15) is 33.3 Å². The molecule has 1 amide bonds. The second kappa shape index (κ2) is 6.39. The van der Waals surface area contributed by atoms with Crippen molar-refractivity contribution in [2.75, 3.05) is 5.32 Å². The largest absolute Gasteiger partial charge is 0.426 e. The number of aryl methyl sites for hydroxylation is 1. The van der Waals surface area contributed by atoms with Crippen LogP contribution in [0.5, 0.6) is 0 Å². The molecule has 0 aliphatic carbocycles. The van der Waals surface area contributed by atoms with Gasteiger partial charge in [0.1, 0.15) is 0 Å². The summed E-state index contributed by atoms with van der Waals surface area (Å²) in [6.07, 6.45) is -5.23. The monoisotopic (exact) mass is 433 g/mol. The molecule has 0 spiro atoms. The summed E-state index contributed by atoms with van der Waals surface area (Å²) >= 11 is 1.10. The van der Waals surface area contributed by atoms with E-state index in [4.69, 9.17) is 0 Å². The van der Waals surface area contributed by atoms with Crippen LogP contribution in [0.25, 0.3) is 0 Å². The van der Waals surface area contributed by atoms with E-state index in [0.29, 0.717) is 12.5 Å². The third-order valence-corrected chi connectivity index (χ3v) is 7.10. The Morgan fingerprint density at radius 3 is 2.54 bits per heavy atom. The number of nitrogens with one attached hydrogen (secondary N) is 1. The van der Waals surface area contributed by atoms with Gasteiger partial charge >= 0.3 is 6.18 Å². The number of thiophene rings is 1. The van der Waals surface area contributed by atoms with Gasteiger partial charge in [0, 0.05) is 11.3 Å². The van der Waals surface area contributed by atoms with E-state index >= 15 is 0 Å². The molecule has 0 bridgehead atoms. The molecule has 150 valence electrons. The summed E-state index contributed by atoms with van der Waals surface area (Å²) in [5, 5.41) is 13.0. The Bertz CT molecular complexity index is 1100. The number of carbonyl (C=O) groups excluding carboxylic acids is 2. The first-order chi connectivity index (χ1) is 12.8. The van der Waals surface area contributed by atoms with E-state index in [0.717, 1.165) is 17.4 Å². The molecule has 0 fully saturated rings. The Balaban J connectivity index is 2.10. The maximum Gasteiger partial charge on any atom is 0.426 e. The van der Waals surface area contributed by atoms with Crippen LogP contribution in [-0.4, -0.2) is 37.0 Å². The number of ketones is 1. The summed E-state index contributed by atoms with van der Waals surface area (Å²) in [6.45, 7) is 1.69. The number of anilines is 1. The zero-order valence-corrected chi connectivity index (χ0v) is 16.2. The maximum atomic E-state index is 12.9. The summed E-state index contributed by atoms with van der Waals surface area (Å²) in [6, 6.07) is 3.69. The van der Waals surface area contributed by atoms with Gasteiger partial charge in [0.2, 0.25) is 11.4 Å². The summed E-state index contributed by atoms with van der Waals surface area (Å²) in [5.74, 6) is -2.72. The number of rotatable bonds is 2. The molecule has 11 heteroatoms. The Hall–Kier alpha value is -2.24. The fraction of sp³-hybridized carbons (Fsp3) is 0.294. The molecule has 1 aromatic heterocycles. The zero-order valence-electron chi connectivity index (χ0n) is 14.5. The van der Waals surface area contributed by atoms with Gasteiger partial charge in [-0.3, -0.25) is 9.59 Å². The summed E-state index contributed by atoms with van der Waals surface area (Å²) < 4.78 is 64.0. The maximum absolute atomic E-state index is 12.9. The van der Waals surface area contributed by atoms with Crippen LogP contribution in [0.4, 0.5) is 18.9 Å². The molecule has 1 aromatic carbocycles. The number of fused-ring (bicyclic) bond motifs is 2. The number of amides is 1. The van der Waals surface area contributed by atoms with E-state index in [-0.39, 0.29) is 26.6 Å². The fourth-order valence-corrected chi connectivity index (χ4v) is 5.24. The van der Waals surface area contributed by atoms with Crippen molar-refractivity contribution in [1.29, 1.82) is 0 Å². The van der Waals surface area contributed by atoms with Gasteiger partial charge in [0.15, 0.2) is 9.84 Å². The predicted molar refractivity (Wildman–Crippen MR) is 95.1 cm³/mol. The van der Waals surface area contributed by atoms with Crippen LogP contribution in [0.3, 0.4) is 0 Å². The lowest BCUT2D eigenvalue weighted by Crippen LogP contribution is -2.52. The highest BCUT2D eigenvalue weighted by Crippen LogP contribution is 2.36. The van der Waals surface area contributed by atoms with Crippen LogP contribution in [0.15, 0.2) is 28.5 Å². The minimum atomic E-state index is -5.23. The Labute approximate surface area is 161 Å². The number of aliphatic hydroxyl groups is 1. The van der Waals surface area contributed by atoms with Gasteiger partial charge in [-0.1, -0.05) is 0 Å². The van der Waals surface area contributed by atoms with Crippen molar-refractivity contribution >= 4 is 38.6 Å². The molecular formula is C17H14F3NO5S2. The van der Waals surface area contributed by atoms with Gasteiger partial charge in [0.25, 0.3) is 5.91 Å². The van der Waals surface area contributed by atoms with Crippen LogP contribution in [0.2, 0.25) is 0 Å². The van der Waals surface area contributed by atoms with E-state index in [1.807, 2.05) is 5.32 Å². The highest BCUT2D eigenvalue weighted by Gasteiger charge is 2.55. The predicted octanol–water partition coefficient (Wildman–Crippen LogP) is 2.83. The highest BCUT2D eigenvalue weighted by atomic mass is 32.2. The van der Waals surface area contributed by atoms with E-state index in [1.54, 1.807) is 5.38 Å². The molecule has 2 N–H and O–H groups in total. The molecular weight excluding hydrogens is 419 g/mol. The molecule has 0 saturated carbocycles. The van der Waals surface area contributed by atoms with Crippen LogP contribution < -0.4 is 5.32 Å². The van der Waals surface area contributed by atoms with Gasteiger partial charge in [-0.25, -0.2) is 8.42 Å². The van der Waals surface area contributed by atoms with Gasteiger partial charge in [-0.15, -0.1) is 11.3 Å². The molecule has 1 aliphatic rings. The third-order valence-electron chi connectivity index (χ3n) is 4.45. The molecule has 3 rings (SSSR count). The van der Waals surface area contributed by atoms with E-state index in [2.05, 4.69) is 0 Å². The van der Waals surface area contributed by atoms with Crippen molar-refractivity contribution in [2.24, 2.45) is 0 Å². The van der Waals surface area contributed by atoms with Crippen molar-refractivity contribution in [1.82, 2.24) is 0 Å². The molecule has 1 aliphatic heterocycles. The fourth-order valence-electron chi connectivity index (χ4n) is 2.68. The van der Waals surface area contributed by atoms with Crippen molar-refractivity contribution in [2.45, 2.75) is 36.3 Å². The first kappa shape index (κ1) is 20.5. The third kappa shape index (κ3) is 3.23. The molecule has 6 nitrogen and oxygen atoms in total. The lowest BCUT2D eigenvalue weighted by molar-refractivity contribution is -0.242. The minimum absolute atomic E-state index is 0.112. The Morgan fingerprint density at radius 1 is 1.29 bits per heavy atom. The molecule has 0 saturated heterocycles. The quantitative estimate of drug-likeness (QED) is 0.759. The second-order valence-electron chi connectivity index (χ2n) is 6.55. The minimum Gasteiger partial charge on any atom is -0.373 e. The van der Waals surface area contributed by atoms with Crippen molar-refractivity contribution in [3.8, 4) is 0 Å². The Morgan fingerprint density at radius 2 is 1.93 bits per heavy atom. The molecule has 2 aromatic rings. The smallest absolute Gasteiger partial charge is 0.373 e. The molecule has 2 heterocycles. The number of halogens is 3. The lowest BCUT2D eigenvalue weighted by atomic mass is 10.0. The molecule has 1 atom stereocenters. The van der Waals surface area contributed by atoms with Crippen LogP contribution in [0, 0.1) is 6.92 Å². The molecule has 0 radical (unpaired) electrons. The first-order valence-electron chi connectivity index (χ1n) is 7.85. The number of hydrogen-bond acceptors (Lipinski definition) is 6. The average molecular weight is 433 g/mol. The summed E-state index contributed by atoms with van der Waals surface area (Å²) in [7, 11) is -3.98. The average Bonchev–Trinajstić information content (AvgIpc) is 2.98.